The van der Waals surface area contributed by atoms with E-state index in [1.54, 1.807) is 0 Å². The lowest BCUT2D eigenvalue weighted by Gasteiger charge is -2.17. The summed E-state index contributed by atoms with van der Waals surface area (Å²) in [6.07, 6.45) is 0.592. The number of carbonyl (C=O) groups excluding carboxylic acids is 1. The monoisotopic (exact) mass is 304 g/mol. The molecule has 1 aromatic carbocycles. The van der Waals surface area contributed by atoms with Gasteiger partial charge in [0.25, 0.3) is 5.91 Å². The first-order valence-electron chi connectivity index (χ1n) is 5.84. The Morgan fingerprint density at radius 2 is 2.10 bits per heavy atom. The van der Waals surface area contributed by atoms with E-state index in [4.69, 9.17) is 9.88 Å². The SMILES string of the molecule is COCCCN(C)C(=O)c1cc(S(N)(=O)=O)ccc1F. The van der Waals surface area contributed by atoms with E-state index in [1.165, 1.54) is 19.1 Å². The summed E-state index contributed by atoms with van der Waals surface area (Å²) in [4.78, 5) is 13.0. The van der Waals surface area contributed by atoms with Gasteiger partial charge in [-0.2, -0.15) is 0 Å². The molecule has 20 heavy (non-hydrogen) atoms. The molecule has 0 heterocycles. The van der Waals surface area contributed by atoms with Crippen molar-refractivity contribution in [2.75, 3.05) is 27.3 Å². The highest BCUT2D eigenvalue weighted by atomic mass is 32.2. The molecule has 1 aromatic rings. The number of carbonyl (C=O) groups is 1. The number of sulfonamides is 1. The van der Waals surface area contributed by atoms with Crippen LogP contribution in [0.5, 0.6) is 0 Å². The highest BCUT2D eigenvalue weighted by molar-refractivity contribution is 7.89. The smallest absolute Gasteiger partial charge is 0.256 e. The van der Waals surface area contributed by atoms with Crippen molar-refractivity contribution in [3.63, 3.8) is 0 Å². The van der Waals surface area contributed by atoms with Gasteiger partial charge >= 0.3 is 0 Å². The average molecular weight is 304 g/mol. The number of nitrogens with two attached hydrogens (primary N) is 1. The van der Waals surface area contributed by atoms with Crippen molar-refractivity contribution in [3.8, 4) is 0 Å². The third-order valence-corrected chi connectivity index (χ3v) is 3.60. The van der Waals surface area contributed by atoms with E-state index in [1.807, 2.05) is 0 Å². The molecule has 0 saturated carbocycles. The lowest BCUT2D eigenvalue weighted by molar-refractivity contribution is 0.0774. The van der Waals surface area contributed by atoms with E-state index in [9.17, 15) is 17.6 Å². The number of primary sulfonamides is 1. The van der Waals surface area contributed by atoms with Crippen LogP contribution in [0.2, 0.25) is 0 Å². The van der Waals surface area contributed by atoms with Gasteiger partial charge in [0.05, 0.1) is 10.5 Å². The van der Waals surface area contributed by atoms with Gasteiger partial charge in [-0.15, -0.1) is 0 Å². The molecule has 0 bridgehead atoms. The van der Waals surface area contributed by atoms with Gasteiger partial charge in [0.2, 0.25) is 10.0 Å². The zero-order chi connectivity index (χ0) is 15.3. The molecule has 6 nitrogen and oxygen atoms in total. The van der Waals surface area contributed by atoms with Crippen LogP contribution in [-0.2, 0) is 14.8 Å². The molecule has 0 radical (unpaired) electrons. The molecule has 1 rings (SSSR count). The predicted molar refractivity (Wildman–Crippen MR) is 71.2 cm³/mol. The summed E-state index contributed by atoms with van der Waals surface area (Å²) in [7, 11) is -0.940. The van der Waals surface area contributed by atoms with Crippen molar-refractivity contribution in [2.45, 2.75) is 11.3 Å². The Morgan fingerprint density at radius 3 is 2.65 bits per heavy atom. The molecule has 0 atom stereocenters. The molecule has 8 heteroatoms. The van der Waals surface area contributed by atoms with E-state index < -0.39 is 21.7 Å². The van der Waals surface area contributed by atoms with Gasteiger partial charge < -0.3 is 9.64 Å². The maximum Gasteiger partial charge on any atom is 0.256 e. The number of nitrogens with zero attached hydrogens (tertiary/aromatic N) is 1. The zero-order valence-corrected chi connectivity index (χ0v) is 12.1. The van der Waals surface area contributed by atoms with Crippen molar-refractivity contribution in [1.29, 1.82) is 0 Å². The molecule has 0 spiro atoms. The minimum atomic E-state index is -3.98. The highest BCUT2D eigenvalue weighted by Gasteiger charge is 2.19. The molecule has 1 amide bonds. The Hall–Kier alpha value is -1.51. The fraction of sp³-hybridized carbons (Fsp3) is 0.417. The number of rotatable bonds is 6. The summed E-state index contributed by atoms with van der Waals surface area (Å²) in [6.45, 7) is 0.836. The van der Waals surface area contributed by atoms with Crippen LogP contribution >= 0.6 is 0 Å². The minimum absolute atomic E-state index is 0.299. The van der Waals surface area contributed by atoms with Crippen LogP contribution in [0.1, 0.15) is 16.8 Å². The van der Waals surface area contributed by atoms with Gasteiger partial charge in [0.1, 0.15) is 5.82 Å². The first-order chi connectivity index (χ1) is 9.27. The third kappa shape index (κ3) is 4.26. The molecule has 112 valence electrons. The molecule has 0 aliphatic heterocycles. The number of benzene rings is 1. The van der Waals surface area contributed by atoms with Crippen molar-refractivity contribution in [2.24, 2.45) is 5.14 Å². The predicted octanol–water partition coefficient (Wildman–Crippen LogP) is 0.582. The molecule has 0 fully saturated rings. The number of amides is 1. The number of halogens is 1. The topological polar surface area (TPSA) is 89.7 Å². The van der Waals surface area contributed by atoms with Crippen LogP contribution in [0.4, 0.5) is 4.39 Å². The van der Waals surface area contributed by atoms with E-state index in [0.29, 0.717) is 19.6 Å². The molecule has 0 aliphatic rings. The van der Waals surface area contributed by atoms with E-state index in [0.717, 1.165) is 18.2 Å². The first kappa shape index (κ1) is 16.5. The molecule has 0 aromatic heterocycles. The third-order valence-electron chi connectivity index (χ3n) is 2.69. The molecular weight excluding hydrogens is 287 g/mol. The van der Waals surface area contributed by atoms with Crippen LogP contribution in [0.15, 0.2) is 23.1 Å². The van der Waals surface area contributed by atoms with Gasteiger partial charge in [-0.3, -0.25) is 4.79 Å². The van der Waals surface area contributed by atoms with Gasteiger partial charge in [-0.1, -0.05) is 0 Å². The van der Waals surface area contributed by atoms with Crippen molar-refractivity contribution in [3.05, 3.63) is 29.6 Å². The number of hydrogen-bond donors (Lipinski definition) is 1. The number of methoxy groups -OCH3 is 1. The van der Waals surface area contributed by atoms with Gasteiger partial charge in [0.15, 0.2) is 0 Å². The fourth-order valence-corrected chi connectivity index (χ4v) is 2.14. The lowest BCUT2D eigenvalue weighted by Crippen LogP contribution is -2.29. The van der Waals surface area contributed by atoms with Gasteiger partial charge in [-0.05, 0) is 24.6 Å². The first-order valence-corrected chi connectivity index (χ1v) is 7.38. The summed E-state index contributed by atoms with van der Waals surface area (Å²) in [6, 6.07) is 2.88. The van der Waals surface area contributed by atoms with E-state index in [2.05, 4.69) is 0 Å². The molecular formula is C12H17FN2O4S. The van der Waals surface area contributed by atoms with Gasteiger partial charge in [0, 0.05) is 27.3 Å². The summed E-state index contributed by atoms with van der Waals surface area (Å²) in [5.74, 6) is -1.40. The second-order valence-corrected chi connectivity index (χ2v) is 5.82. The van der Waals surface area contributed by atoms with Crippen LogP contribution in [-0.4, -0.2) is 46.5 Å². The quantitative estimate of drug-likeness (QED) is 0.779. The van der Waals surface area contributed by atoms with Crippen LogP contribution < -0.4 is 5.14 Å². The van der Waals surface area contributed by atoms with Crippen molar-refractivity contribution >= 4 is 15.9 Å². The van der Waals surface area contributed by atoms with Gasteiger partial charge in [-0.25, -0.2) is 17.9 Å². The molecule has 2 N–H and O–H groups in total. The van der Waals surface area contributed by atoms with E-state index in [-0.39, 0.29) is 10.5 Å². The second-order valence-electron chi connectivity index (χ2n) is 4.26. The Kier molecular flexibility index (Phi) is 5.61. The Balaban J connectivity index is 2.97. The normalized spacial score (nSPS) is 11.4. The van der Waals surface area contributed by atoms with Crippen LogP contribution in [0.25, 0.3) is 0 Å². The van der Waals surface area contributed by atoms with Crippen LogP contribution in [0.3, 0.4) is 0 Å². The lowest BCUT2D eigenvalue weighted by atomic mass is 10.2. The summed E-state index contributed by atoms with van der Waals surface area (Å²) >= 11 is 0. The maximum absolute atomic E-state index is 13.6. The largest absolute Gasteiger partial charge is 0.385 e. The Labute approximate surface area is 117 Å². The number of ether oxygens (including phenoxy) is 1. The fourth-order valence-electron chi connectivity index (χ4n) is 1.60. The second kappa shape index (κ2) is 6.78. The number of hydrogen-bond acceptors (Lipinski definition) is 4. The molecule has 0 aliphatic carbocycles. The maximum atomic E-state index is 13.6. The Morgan fingerprint density at radius 1 is 1.45 bits per heavy atom. The minimum Gasteiger partial charge on any atom is -0.385 e. The summed E-state index contributed by atoms with van der Waals surface area (Å²) in [5.41, 5.74) is -0.323. The van der Waals surface area contributed by atoms with Crippen molar-refractivity contribution < 1.29 is 22.3 Å². The Bertz CT molecular complexity index is 589. The zero-order valence-electron chi connectivity index (χ0n) is 11.3. The standard InChI is InChI=1S/C12H17FN2O4S/c1-15(6-3-7-19-2)12(16)10-8-9(20(14,17)18)4-5-11(10)13/h4-5,8H,3,6-7H2,1-2H3,(H2,14,17,18). The van der Waals surface area contributed by atoms with Crippen molar-refractivity contribution in [1.82, 2.24) is 4.90 Å². The van der Waals surface area contributed by atoms with E-state index >= 15 is 0 Å². The highest BCUT2D eigenvalue weighted by Crippen LogP contribution is 2.15. The van der Waals surface area contributed by atoms with Crippen LogP contribution in [0, 0.1) is 5.82 Å². The summed E-state index contributed by atoms with van der Waals surface area (Å²) in [5, 5.41) is 4.96. The average Bonchev–Trinajstić information content (AvgIpc) is 2.37. The summed E-state index contributed by atoms with van der Waals surface area (Å²) < 4.78 is 40.9. The molecule has 0 saturated heterocycles. The molecule has 0 unspecified atom stereocenters.